The zero-order valence-electron chi connectivity index (χ0n) is 10.8. The van der Waals surface area contributed by atoms with Gasteiger partial charge in [0.1, 0.15) is 0 Å². The lowest BCUT2D eigenvalue weighted by molar-refractivity contribution is 0.0938. The third-order valence-corrected chi connectivity index (χ3v) is 2.69. The van der Waals surface area contributed by atoms with Crippen LogP contribution in [-0.4, -0.2) is 16.9 Å². The fraction of sp³-hybridized carbons (Fsp3) is 0.538. The Balaban J connectivity index is 2.63. The summed E-state index contributed by atoms with van der Waals surface area (Å²) in [5.74, 6) is -0.140. The summed E-state index contributed by atoms with van der Waals surface area (Å²) in [5.41, 5.74) is 7.56. The van der Waals surface area contributed by atoms with Gasteiger partial charge in [-0.15, -0.1) is 0 Å². The number of carbonyl (C=O) groups excluding carboxylic acids is 1. The maximum Gasteiger partial charge on any atom is 0.255 e. The van der Waals surface area contributed by atoms with Crippen molar-refractivity contribution in [3.05, 3.63) is 23.5 Å². The highest BCUT2D eigenvalue weighted by Gasteiger charge is 2.12. The first-order chi connectivity index (χ1) is 8.04. The summed E-state index contributed by atoms with van der Waals surface area (Å²) >= 11 is 0. The number of aromatic nitrogens is 1. The van der Waals surface area contributed by atoms with Crippen LogP contribution < -0.4 is 11.1 Å². The van der Waals surface area contributed by atoms with Crippen LogP contribution in [0.2, 0.25) is 0 Å². The Kier molecular flexibility index (Phi) is 4.94. The van der Waals surface area contributed by atoms with Gasteiger partial charge >= 0.3 is 0 Å². The summed E-state index contributed by atoms with van der Waals surface area (Å²) in [4.78, 5) is 16.0. The number of nitrogens with two attached hydrogens (primary N) is 1. The summed E-state index contributed by atoms with van der Waals surface area (Å²) in [6.45, 7) is 5.99. The highest BCUT2D eigenvalue weighted by molar-refractivity contribution is 5.98. The van der Waals surface area contributed by atoms with Gasteiger partial charge in [0, 0.05) is 23.6 Å². The average Bonchev–Trinajstić information content (AvgIpc) is 2.26. The van der Waals surface area contributed by atoms with Crippen molar-refractivity contribution in [2.75, 3.05) is 5.73 Å². The molecule has 0 aliphatic rings. The van der Waals surface area contributed by atoms with Crippen molar-refractivity contribution in [3.8, 4) is 0 Å². The van der Waals surface area contributed by atoms with Crippen LogP contribution in [0.25, 0.3) is 0 Å². The standard InChI is InChI=1S/C13H21N3O/c1-4-5-6-9(2)16-13(17)11-8-15-10(3)7-12(11)14/h7-9H,4-6H2,1-3H3,(H2,14,15)(H,16,17). The summed E-state index contributed by atoms with van der Waals surface area (Å²) < 4.78 is 0. The maximum absolute atomic E-state index is 11.9. The SMILES string of the molecule is CCCCC(C)NC(=O)c1cnc(C)cc1N. The molecule has 1 aromatic heterocycles. The molecule has 94 valence electrons. The van der Waals surface area contributed by atoms with E-state index in [1.165, 1.54) is 6.20 Å². The van der Waals surface area contributed by atoms with E-state index in [0.717, 1.165) is 25.0 Å². The Morgan fingerprint density at radius 3 is 2.88 bits per heavy atom. The Morgan fingerprint density at radius 1 is 1.59 bits per heavy atom. The van der Waals surface area contributed by atoms with Gasteiger partial charge in [0.2, 0.25) is 0 Å². The van der Waals surface area contributed by atoms with E-state index < -0.39 is 0 Å². The molecule has 0 aromatic carbocycles. The number of pyridine rings is 1. The molecule has 1 heterocycles. The maximum atomic E-state index is 11.9. The second kappa shape index (κ2) is 6.23. The molecule has 1 rings (SSSR count). The van der Waals surface area contributed by atoms with Gasteiger partial charge in [0.25, 0.3) is 5.91 Å². The van der Waals surface area contributed by atoms with E-state index in [2.05, 4.69) is 17.2 Å². The van der Waals surface area contributed by atoms with Crippen molar-refractivity contribution in [3.63, 3.8) is 0 Å². The molecular formula is C13H21N3O. The second-order valence-electron chi connectivity index (χ2n) is 4.43. The number of rotatable bonds is 5. The van der Waals surface area contributed by atoms with E-state index in [-0.39, 0.29) is 11.9 Å². The lowest BCUT2D eigenvalue weighted by Gasteiger charge is -2.14. The molecule has 0 saturated carbocycles. The molecular weight excluding hydrogens is 214 g/mol. The highest BCUT2D eigenvalue weighted by atomic mass is 16.1. The first-order valence-corrected chi connectivity index (χ1v) is 6.07. The fourth-order valence-corrected chi connectivity index (χ4v) is 1.65. The van der Waals surface area contributed by atoms with Crippen LogP contribution in [0, 0.1) is 6.92 Å². The second-order valence-corrected chi connectivity index (χ2v) is 4.43. The van der Waals surface area contributed by atoms with Gasteiger partial charge in [-0.1, -0.05) is 19.8 Å². The first-order valence-electron chi connectivity index (χ1n) is 6.07. The Bertz CT molecular complexity index is 390. The van der Waals surface area contributed by atoms with Crippen molar-refractivity contribution in [1.82, 2.24) is 10.3 Å². The molecule has 0 spiro atoms. The number of hydrogen-bond donors (Lipinski definition) is 2. The fourth-order valence-electron chi connectivity index (χ4n) is 1.65. The van der Waals surface area contributed by atoms with Gasteiger partial charge in [0.15, 0.2) is 0 Å². The van der Waals surface area contributed by atoms with Crippen LogP contribution in [0.3, 0.4) is 0 Å². The number of nitrogens with one attached hydrogen (secondary N) is 1. The van der Waals surface area contributed by atoms with Crippen molar-refractivity contribution in [2.45, 2.75) is 46.1 Å². The Morgan fingerprint density at radius 2 is 2.29 bits per heavy atom. The molecule has 0 aliphatic carbocycles. The number of aryl methyl sites for hydroxylation is 1. The molecule has 0 bridgehead atoms. The van der Waals surface area contributed by atoms with E-state index in [9.17, 15) is 4.79 Å². The van der Waals surface area contributed by atoms with Gasteiger partial charge in [-0.2, -0.15) is 0 Å². The molecule has 0 radical (unpaired) electrons. The van der Waals surface area contributed by atoms with Crippen molar-refractivity contribution < 1.29 is 4.79 Å². The quantitative estimate of drug-likeness (QED) is 0.822. The molecule has 4 heteroatoms. The molecule has 0 saturated heterocycles. The zero-order valence-corrected chi connectivity index (χ0v) is 10.8. The summed E-state index contributed by atoms with van der Waals surface area (Å²) in [6, 6.07) is 1.88. The van der Waals surface area contributed by atoms with E-state index >= 15 is 0 Å². The predicted octanol–water partition coefficient (Wildman–Crippen LogP) is 2.28. The predicted molar refractivity (Wildman–Crippen MR) is 69.8 cm³/mol. The van der Waals surface area contributed by atoms with Crippen LogP contribution >= 0.6 is 0 Å². The minimum atomic E-state index is -0.140. The van der Waals surface area contributed by atoms with Gasteiger partial charge in [-0.05, 0) is 26.3 Å². The third-order valence-electron chi connectivity index (χ3n) is 2.69. The van der Waals surface area contributed by atoms with Crippen LogP contribution in [0.5, 0.6) is 0 Å². The van der Waals surface area contributed by atoms with Crippen LogP contribution in [0.1, 0.15) is 49.2 Å². The topological polar surface area (TPSA) is 68.0 Å². The normalized spacial score (nSPS) is 12.2. The molecule has 3 N–H and O–H groups in total. The van der Waals surface area contributed by atoms with Crippen LogP contribution in [0.15, 0.2) is 12.3 Å². The summed E-state index contributed by atoms with van der Waals surface area (Å²) in [7, 11) is 0. The molecule has 17 heavy (non-hydrogen) atoms. The van der Waals surface area contributed by atoms with Gasteiger partial charge in [0.05, 0.1) is 5.56 Å². The smallest absolute Gasteiger partial charge is 0.255 e. The first kappa shape index (κ1) is 13.5. The monoisotopic (exact) mass is 235 g/mol. The summed E-state index contributed by atoms with van der Waals surface area (Å²) in [5, 5.41) is 2.93. The minimum Gasteiger partial charge on any atom is -0.398 e. The van der Waals surface area contributed by atoms with Crippen LogP contribution in [0.4, 0.5) is 5.69 Å². The van der Waals surface area contributed by atoms with Crippen molar-refractivity contribution in [1.29, 1.82) is 0 Å². The number of amides is 1. The van der Waals surface area contributed by atoms with Crippen LogP contribution in [-0.2, 0) is 0 Å². The summed E-state index contributed by atoms with van der Waals surface area (Å²) in [6.07, 6.45) is 4.77. The minimum absolute atomic E-state index is 0.140. The average molecular weight is 235 g/mol. The molecule has 4 nitrogen and oxygen atoms in total. The highest BCUT2D eigenvalue weighted by Crippen LogP contribution is 2.11. The van der Waals surface area contributed by atoms with E-state index in [0.29, 0.717) is 11.3 Å². The largest absolute Gasteiger partial charge is 0.398 e. The van der Waals surface area contributed by atoms with Crippen molar-refractivity contribution >= 4 is 11.6 Å². The molecule has 1 unspecified atom stereocenters. The van der Waals surface area contributed by atoms with E-state index in [1.54, 1.807) is 6.07 Å². The lowest BCUT2D eigenvalue weighted by atomic mass is 10.1. The van der Waals surface area contributed by atoms with Gasteiger partial charge < -0.3 is 11.1 Å². The number of hydrogen-bond acceptors (Lipinski definition) is 3. The van der Waals surface area contributed by atoms with Gasteiger partial charge in [-0.3, -0.25) is 9.78 Å². The number of nitrogens with zero attached hydrogens (tertiary/aromatic N) is 1. The third kappa shape index (κ3) is 4.06. The van der Waals surface area contributed by atoms with Gasteiger partial charge in [-0.25, -0.2) is 0 Å². The number of unbranched alkanes of at least 4 members (excludes halogenated alkanes) is 1. The number of anilines is 1. The zero-order chi connectivity index (χ0) is 12.8. The van der Waals surface area contributed by atoms with Crippen molar-refractivity contribution in [2.24, 2.45) is 0 Å². The lowest BCUT2D eigenvalue weighted by Crippen LogP contribution is -2.33. The molecule has 0 aliphatic heterocycles. The Hall–Kier alpha value is -1.58. The van der Waals surface area contributed by atoms with E-state index in [1.807, 2.05) is 13.8 Å². The Labute approximate surface area is 103 Å². The molecule has 1 aromatic rings. The number of nitrogen functional groups attached to an aromatic ring is 1. The molecule has 1 amide bonds. The van der Waals surface area contributed by atoms with E-state index in [4.69, 9.17) is 5.73 Å². The molecule has 1 atom stereocenters. The number of carbonyl (C=O) groups is 1. The molecule has 0 fully saturated rings.